The highest BCUT2D eigenvalue weighted by molar-refractivity contribution is 6.31. The maximum Gasteiger partial charge on any atom is 0.263 e. The summed E-state index contributed by atoms with van der Waals surface area (Å²) in [6.07, 6.45) is 2.61. The molecule has 1 atom stereocenters. The lowest BCUT2D eigenvalue weighted by Gasteiger charge is -2.14. The summed E-state index contributed by atoms with van der Waals surface area (Å²) in [4.78, 5) is 12.0. The van der Waals surface area contributed by atoms with E-state index in [1.165, 1.54) is 0 Å². The summed E-state index contributed by atoms with van der Waals surface area (Å²) in [5.74, 6) is 1.07. The molecule has 0 bridgehead atoms. The zero-order valence-electron chi connectivity index (χ0n) is 13.0. The van der Waals surface area contributed by atoms with Gasteiger partial charge in [-0.2, -0.15) is 5.10 Å². The van der Waals surface area contributed by atoms with E-state index >= 15 is 0 Å². The van der Waals surface area contributed by atoms with Crippen molar-refractivity contribution in [2.24, 2.45) is 0 Å². The quantitative estimate of drug-likeness (QED) is 0.879. The molecule has 1 aromatic heterocycles. The molecule has 1 aromatic carbocycles. The number of benzene rings is 1. The van der Waals surface area contributed by atoms with Gasteiger partial charge in [-0.1, -0.05) is 18.5 Å². The van der Waals surface area contributed by atoms with Crippen molar-refractivity contribution >= 4 is 23.3 Å². The molecule has 0 radical (unpaired) electrons. The number of aromatic nitrogens is 2. The third-order valence-electron chi connectivity index (χ3n) is 3.45. The summed E-state index contributed by atoms with van der Waals surface area (Å²) in [5, 5.41) is 7.71. The van der Waals surface area contributed by atoms with Gasteiger partial charge in [-0.05, 0) is 44.0 Å². The molecule has 5 nitrogen and oxygen atoms in total. The minimum atomic E-state index is -0.224. The fourth-order valence-corrected chi connectivity index (χ4v) is 2.09. The highest BCUT2D eigenvalue weighted by atomic mass is 35.5. The van der Waals surface area contributed by atoms with Crippen molar-refractivity contribution in [2.75, 3.05) is 11.9 Å². The molecule has 2 aromatic rings. The molecular weight excluding hydrogens is 302 g/mol. The van der Waals surface area contributed by atoms with E-state index in [2.05, 4.69) is 24.3 Å². The maximum absolute atomic E-state index is 12.0. The van der Waals surface area contributed by atoms with Crippen molar-refractivity contribution in [3.05, 3.63) is 41.0 Å². The predicted octanol–water partition coefficient (Wildman–Crippen LogP) is 3.83. The summed E-state index contributed by atoms with van der Waals surface area (Å²) in [7, 11) is 0. The number of amides is 1. The largest absolute Gasteiger partial charge is 0.484 e. The van der Waals surface area contributed by atoms with Crippen LogP contribution >= 0.6 is 11.6 Å². The van der Waals surface area contributed by atoms with Gasteiger partial charge >= 0.3 is 0 Å². The smallest absolute Gasteiger partial charge is 0.263 e. The molecular formula is C16H20ClN3O2. The molecule has 118 valence electrons. The Morgan fingerprint density at radius 3 is 2.91 bits per heavy atom. The molecule has 0 aliphatic heterocycles. The second-order valence-electron chi connectivity index (χ2n) is 5.17. The van der Waals surface area contributed by atoms with Gasteiger partial charge in [0.2, 0.25) is 0 Å². The molecule has 0 aliphatic carbocycles. The standard InChI is InChI=1S/C16H20ClN3O2/c1-4-12(3)20-15(7-8-18-20)19-16(21)10-22-13-5-6-14(17)11(2)9-13/h5-9,12H,4,10H2,1-3H3,(H,19,21). The Bertz CT molecular complexity index is 655. The average molecular weight is 322 g/mol. The van der Waals surface area contributed by atoms with Crippen LogP contribution in [-0.4, -0.2) is 22.3 Å². The van der Waals surface area contributed by atoms with Crippen LogP contribution in [0.1, 0.15) is 31.9 Å². The first-order valence-corrected chi connectivity index (χ1v) is 7.61. The van der Waals surface area contributed by atoms with Crippen LogP contribution in [-0.2, 0) is 4.79 Å². The normalized spacial score (nSPS) is 12.0. The van der Waals surface area contributed by atoms with Crippen LogP contribution in [0.2, 0.25) is 5.02 Å². The topological polar surface area (TPSA) is 56.2 Å². The maximum atomic E-state index is 12.0. The first kappa shape index (κ1) is 16.4. The predicted molar refractivity (Wildman–Crippen MR) is 87.5 cm³/mol. The zero-order valence-corrected chi connectivity index (χ0v) is 13.7. The average Bonchev–Trinajstić information content (AvgIpc) is 2.95. The number of aryl methyl sites for hydroxylation is 1. The van der Waals surface area contributed by atoms with Gasteiger partial charge in [-0.25, -0.2) is 4.68 Å². The van der Waals surface area contributed by atoms with Crippen LogP contribution in [0.25, 0.3) is 0 Å². The number of carbonyl (C=O) groups is 1. The van der Waals surface area contributed by atoms with Crippen LogP contribution in [0, 0.1) is 6.92 Å². The molecule has 1 amide bonds. The number of halogens is 1. The van der Waals surface area contributed by atoms with Gasteiger partial charge in [0.1, 0.15) is 11.6 Å². The number of anilines is 1. The van der Waals surface area contributed by atoms with E-state index in [1.807, 2.05) is 6.92 Å². The number of nitrogens with zero attached hydrogens (tertiary/aromatic N) is 2. The molecule has 0 aliphatic rings. The third kappa shape index (κ3) is 4.01. The summed E-state index contributed by atoms with van der Waals surface area (Å²) >= 11 is 5.95. The van der Waals surface area contributed by atoms with Crippen molar-refractivity contribution in [3.8, 4) is 5.75 Å². The Morgan fingerprint density at radius 1 is 1.45 bits per heavy atom. The van der Waals surface area contributed by atoms with Crippen molar-refractivity contribution in [1.82, 2.24) is 9.78 Å². The highest BCUT2D eigenvalue weighted by Gasteiger charge is 2.11. The van der Waals surface area contributed by atoms with E-state index in [0.29, 0.717) is 16.6 Å². The molecule has 1 heterocycles. The second-order valence-corrected chi connectivity index (χ2v) is 5.57. The van der Waals surface area contributed by atoms with E-state index < -0.39 is 0 Å². The summed E-state index contributed by atoms with van der Waals surface area (Å²) in [6, 6.07) is 7.30. The Labute approximate surface area is 135 Å². The van der Waals surface area contributed by atoms with Crippen molar-refractivity contribution in [1.29, 1.82) is 0 Å². The lowest BCUT2D eigenvalue weighted by Crippen LogP contribution is -2.23. The monoisotopic (exact) mass is 321 g/mol. The van der Waals surface area contributed by atoms with Crippen LogP contribution in [0.4, 0.5) is 5.82 Å². The number of hydrogen-bond acceptors (Lipinski definition) is 3. The number of hydrogen-bond donors (Lipinski definition) is 1. The van der Waals surface area contributed by atoms with Gasteiger partial charge in [0.05, 0.1) is 12.2 Å². The molecule has 1 unspecified atom stereocenters. The molecule has 0 spiro atoms. The molecule has 6 heteroatoms. The van der Waals surface area contributed by atoms with Gasteiger partial charge in [0.25, 0.3) is 5.91 Å². The Kier molecular flexibility index (Phi) is 5.44. The van der Waals surface area contributed by atoms with Crippen molar-refractivity contribution < 1.29 is 9.53 Å². The number of carbonyl (C=O) groups excluding carboxylic acids is 1. The molecule has 0 saturated carbocycles. The lowest BCUT2D eigenvalue weighted by atomic mass is 10.2. The molecule has 0 fully saturated rings. The first-order chi connectivity index (χ1) is 10.5. The van der Waals surface area contributed by atoms with E-state index in [1.54, 1.807) is 35.1 Å². The van der Waals surface area contributed by atoms with Gasteiger partial charge in [0, 0.05) is 11.1 Å². The minimum absolute atomic E-state index is 0.0627. The summed E-state index contributed by atoms with van der Waals surface area (Å²) in [6.45, 7) is 5.95. The fourth-order valence-electron chi connectivity index (χ4n) is 1.97. The molecule has 0 saturated heterocycles. The third-order valence-corrected chi connectivity index (χ3v) is 3.87. The second kappa shape index (κ2) is 7.31. The Hall–Kier alpha value is -2.01. The van der Waals surface area contributed by atoms with Gasteiger partial charge < -0.3 is 10.1 Å². The van der Waals surface area contributed by atoms with Crippen molar-refractivity contribution in [3.63, 3.8) is 0 Å². The molecule has 2 rings (SSSR count). The summed E-state index contributed by atoms with van der Waals surface area (Å²) in [5.41, 5.74) is 0.912. The summed E-state index contributed by atoms with van der Waals surface area (Å²) < 4.78 is 7.27. The Balaban J connectivity index is 1.93. The van der Waals surface area contributed by atoms with Gasteiger partial charge in [-0.3, -0.25) is 4.79 Å². The molecule has 22 heavy (non-hydrogen) atoms. The molecule has 1 N–H and O–H groups in total. The number of ether oxygens (including phenoxy) is 1. The van der Waals surface area contributed by atoms with Gasteiger partial charge in [-0.15, -0.1) is 0 Å². The van der Waals surface area contributed by atoms with E-state index in [4.69, 9.17) is 16.3 Å². The van der Waals surface area contributed by atoms with E-state index in [0.717, 1.165) is 12.0 Å². The number of rotatable bonds is 6. The van der Waals surface area contributed by atoms with Gasteiger partial charge in [0.15, 0.2) is 6.61 Å². The first-order valence-electron chi connectivity index (χ1n) is 7.23. The van der Waals surface area contributed by atoms with Crippen LogP contribution in [0.15, 0.2) is 30.5 Å². The Morgan fingerprint density at radius 2 is 2.23 bits per heavy atom. The lowest BCUT2D eigenvalue weighted by molar-refractivity contribution is -0.118. The fraction of sp³-hybridized carbons (Fsp3) is 0.375. The van der Waals surface area contributed by atoms with E-state index in [9.17, 15) is 4.79 Å². The number of nitrogens with one attached hydrogen (secondary N) is 1. The van der Waals surface area contributed by atoms with Crippen LogP contribution < -0.4 is 10.1 Å². The highest BCUT2D eigenvalue weighted by Crippen LogP contribution is 2.21. The van der Waals surface area contributed by atoms with Crippen molar-refractivity contribution in [2.45, 2.75) is 33.2 Å². The van der Waals surface area contributed by atoms with Crippen LogP contribution in [0.5, 0.6) is 5.75 Å². The van der Waals surface area contributed by atoms with Crippen LogP contribution in [0.3, 0.4) is 0 Å². The van der Waals surface area contributed by atoms with E-state index in [-0.39, 0.29) is 18.6 Å². The SMILES string of the molecule is CCC(C)n1nccc1NC(=O)COc1ccc(Cl)c(C)c1. The zero-order chi connectivity index (χ0) is 16.1. The minimum Gasteiger partial charge on any atom is -0.484 e.